The smallest absolute Gasteiger partial charge is 0.129 e. The Bertz CT molecular complexity index is 426. The van der Waals surface area contributed by atoms with Crippen LogP contribution in [0, 0.1) is 11.5 Å². The molecule has 18 heavy (non-hydrogen) atoms. The van der Waals surface area contributed by atoms with Crippen molar-refractivity contribution in [2.24, 2.45) is 0 Å². The van der Waals surface area contributed by atoms with E-state index < -0.39 is 8.07 Å². The molecule has 2 heteroatoms. The lowest BCUT2D eigenvalue weighted by atomic mass is 10.0. The van der Waals surface area contributed by atoms with Crippen molar-refractivity contribution in [2.45, 2.75) is 52.0 Å². The Labute approximate surface area is 113 Å². The van der Waals surface area contributed by atoms with Gasteiger partial charge in [0.15, 0.2) is 0 Å². The number of benzene rings is 1. The van der Waals surface area contributed by atoms with Crippen molar-refractivity contribution in [2.75, 3.05) is 0 Å². The van der Waals surface area contributed by atoms with E-state index in [9.17, 15) is 0 Å². The van der Waals surface area contributed by atoms with E-state index in [0.29, 0.717) is 0 Å². The molecule has 0 aromatic heterocycles. The van der Waals surface area contributed by atoms with E-state index in [0.717, 1.165) is 0 Å². The van der Waals surface area contributed by atoms with Gasteiger partial charge in [-0.3, -0.25) is 5.32 Å². The Kier molecular flexibility index (Phi) is 4.78. The molecule has 0 aliphatic carbocycles. The summed E-state index contributed by atoms with van der Waals surface area (Å²) in [5.41, 5.74) is 4.78. The predicted octanol–water partition coefficient (Wildman–Crippen LogP) is 4.00. The van der Waals surface area contributed by atoms with Crippen LogP contribution >= 0.6 is 0 Å². The van der Waals surface area contributed by atoms with Gasteiger partial charge >= 0.3 is 0 Å². The van der Waals surface area contributed by atoms with Crippen LogP contribution in [0.25, 0.3) is 0 Å². The Balaban J connectivity index is 2.99. The third kappa shape index (κ3) is 6.04. The molecule has 0 fully saturated rings. The summed E-state index contributed by atoms with van der Waals surface area (Å²) in [5, 5.41) is 3.59. The first kappa shape index (κ1) is 15.0. The van der Waals surface area contributed by atoms with E-state index in [4.69, 9.17) is 0 Å². The highest BCUT2D eigenvalue weighted by Gasteiger charge is 2.17. The van der Waals surface area contributed by atoms with Gasteiger partial charge in [-0.15, -0.1) is 5.54 Å². The standard InChI is InChI=1S/C16H25NSi/c1-16(2,3)17-15(12-13-18(4,5)6)14-10-8-7-9-11-14/h7-11,15,17H,1-6H3. The molecule has 0 saturated carbocycles. The average Bonchev–Trinajstić information content (AvgIpc) is 2.23. The van der Waals surface area contributed by atoms with Crippen molar-refractivity contribution in [1.29, 1.82) is 0 Å². The van der Waals surface area contributed by atoms with E-state index in [1.807, 2.05) is 6.07 Å². The zero-order valence-electron chi connectivity index (χ0n) is 12.5. The normalized spacial score (nSPS) is 13.7. The summed E-state index contributed by atoms with van der Waals surface area (Å²) in [5.74, 6) is 3.43. The van der Waals surface area contributed by atoms with Gasteiger partial charge in [0, 0.05) is 5.54 Å². The van der Waals surface area contributed by atoms with Crippen LogP contribution in [0.1, 0.15) is 32.4 Å². The molecule has 0 heterocycles. The van der Waals surface area contributed by atoms with Crippen molar-refractivity contribution >= 4 is 8.07 Å². The number of hydrogen-bond acceptors (Lipinski definition) is 1. The molecule has 1 N–H and O–H groups in total. The Hall–Kier alpha value is -1.04. The second-order valence-electron chi connectivity index (χ2n) is 6.76. The monoisotopic (exact) mass is 259 g/mol. The lowest BCUT2D eigenvalue weighted by Crippen LogP contribution is -2.38. The van der Waals surface area contributed by atoms with Crippen molar-refractivity contribution < 1.29 is 0 Å². The molecule has 0 amide bonds. The number of rotatable bonds is 2. The highest BCUT2D eigenvalue weighted by atomic mass is 28.3. The van der Waals surface area contributed by atoms with Gasteiger partial charge in [-0.05, 0) is 26.3 Å². The van der Waals surface area contributed by atoms with Crippen molar-refractivity contribution in [3.63, 3.8) is 0 Å². The zero-order chi connectivity index (χ0) is 13.8. The van der Waals surface area contributed by atoms with E-state index in [1.165, 1.54) is 5.56 Å². The van der Waals surface area contributed by atoms with Gasteiger partial charge in [0.05, 0.1) is 6.04 Å². The quantitative estimate of drug-likeness (QED) is 0.625. The van der Waals surface area contributed by atoms with Gasteiger partial charge in [0.25, 0.3) is 0 Å². The fraction of sp³-hybridized carbons (Fsp3) is 0.500. The summed E-state index contributed by atoms with van der Waals surface area (Å²) < 4.78 is 0. The maximum atomic E-state index is 3.59. The van der Waals surface area contributed by atoms with Gasteiger partial charge in [0.2, 0.25) is 0 Å². The first-order valence-corrected chi connectivity index (χ1v) is 10.0. The summed E-state index contributed by atoms with van der Waals surface area (Å²) >= 11 is 0. The molecule has 0 bridgehead atoms. The van der Waals surface area contributed by atoms with Gasteiger partial charge in [-0.2, -0.15) is 0 Å². The molecule has 1 nitrogen and oxygen atoms in total. The van der Waals surface area contributed by atoms with Gasteiger partial charge < -0.3 is 0 Å². The molecule has 1 aromatic carbocycles. The SMILES string of the molecule is CC(C)(C)NC(C#C[Si](C)(C)C)c1ccccc1. The molecular formula is C16H25NSi. The van der Waals surface area contributed by atoms with Crippen LogP contribution in [0.15, 0.2) is 30.3 Å². The van der Waals surface area contributed by atoms with Gasteiger partial charge in [-0.1, -0.05) is 55.9 Å². The van der Waals surface area contributed by atoms with E-state index >= 15 is 0 Å². The highest BCUT2D eigenvalue weighted by Crippen LogP contribution is 2.16. The van der Waals surface area contributed by atoms with Gasteiger partial charge in [0.1, 0.15) is 8.07 Å². The number of nitrogens with one attached hydrogen (secondary N) is 1. The Morgan fingerprint density at radius 1 is 1.06 bits per heavy atom. The first-order chi connectivity index (χ1) is 8.17. The zero-order valence-corrected chi connectivity index (χ0v) is 13.5. The molecule has 0 aliphatic rings. The van der Waals surface area contributed by atoms with E-state index in [-0.39, 0.29) is 11.6 Å². The molecule has 0 aliphatic heterocycles. The summed E-state index contributed by atoms with van der Waals surface area (Å²) in [4.78, 5) is 0. The summed E-state index contributed by atoms with van der Waals surface area (Å²) in [7, 11) is -1.33. The maximum absolute atomic E-state index is 3.59. The molecule has 1 unspecified atom stereocenters. The summed E-state index contributed by atoms with van der Waals surface area (Å²) in [6.45, 7) is 13.4. The van der Waals surface area contributed by atoms with Crippen LogP contribution in [0.4, 0.5) is 0 Å². The molecule has 0 radical (unpaired) electrons. The molecule has 98 valence electrons. The maximum Gasteiger partial charge on any atom is 0.129 e. The topological polar surface area (TPSA) is 12.0 Å². The molecule has 1 aromatic rings. The molecule has 0 saturated heterocycles. The first-order valence-electron chi connectivity index (χ1n) is 6.53. The largest absolute Gasteiger partial charge is 0.295 e. The second-order valence-corrected chi connectivity index (χ2v) is 11.5. The third-order valence-corrected chi connectivity index (χ3v) is 3.20. The number of hydrogen-bond donors (Lipinski definition) is 1. The van der Waals surface area contributed by atoms with Crippen molar-refractivity contribution in [1.82, 2.24) is 5.32 Å². The fourth-order valence-electron chi connectivity index (χ4n) is 1.57. The second kappa shape index (κ2) is 5.73. The average molecular weight is 259 g/mol. The van der Waals surface area contributed by atoms with Crippen molar-refractivity contribution in [3.8, 4) is 11.5 Å². The van der Waals surface area contributed by atoms with Crippen LogP contribution in [-0.4, -0.2) is 13.6 Å². The molecule has 0 spiro atoms. The van der Waals surface area contributed by atoms with Gasteiger partial charge in [-0.25, -0.2) is 0 Å². The van der Waals surface area contributed by atoms with Crippen molar-refractivity contribution in [3.05, 3.63) is 35.9 Å². The lowest BCUT2D eigenvalue weighted by molar-refractivity contribution is 0.402. The van der Waals surface area contributed by atoms with E-state index in [2.05, 4.69) is 81.5 Å². The summed E-state index contributed by atoms with van der Waals surface area (Å²) in [6, 6.07) is 10.6. The fourth-order valence-corrected chi connectivity index (χ4v) is 2.15. The molecule has 1 atom stereocenters. The molecule has 1 rings (SSSR count). The van der Waals surface area contributed by atoms with Crippen LogP contribution in [0.2, 0.25) is 19.6 Å². The predicted molar refractivity (Wildman–Crippen MR) is 83.2 cm³/mol. The van der Waals surface area contributed by atoms with Crippen LogP contribution in [-0.2, 0) is 0 Å². The summed E-state index contributed by atoms with van der Waals surface area (Å²) in [6.07, 6.45) is 0. The minimum atomic E-state index is -1.33. The third-order valence-electron chi connectivity index (χ3n) is 2.30. The van der Waals surface area contributed by atoms with Crippen LogP contribution in [0.3, 0.4) is 0 Å². The Morgan fingerprint density at radius 3 is 2.06 bits per heavy atom. The van der Waals surface area contributed by atoms with Crippen LogP contribution in [0.5, 0.6) is 0 Å². The Morgan fingerprint density at radius 2 is 1.61 bits per heavy atom. The minimum absolute atomic E-state index is 0.0641. The molecular weight excluding hydrogens is 234 g/mol. The highest BCUT2D eigenvalue weighted by molar-refractivity contribution is 6.83. The minimum Gasteiger partial charge on any atom is -0.295 e. The lowest BCUT2D eigenvalue weighted by Gasteiger charge is -2.26. The van der Waals surface area contributed by atoms with Crippen LogP contribution < -0.4 is 5.32 Å². The van der Waals surface area contributed by atoms with E-state index in [1.54, 1.807) is 0 Å².